The first-order chi connectivity index (χ1) is 16.8. The number of aromatic nitrogens is 2. The molecule has 0 aliphatic carbocycles. The maximum Gasteiger partial charge on any atom is 0.316 e. The molecule has 0 amide bonds. The van der Waals surface area contributed by atoms with Gasteiger partial charge in [0.1, 0.15) is 0 Å². The maximum atomic E-state index is 5.67. The van der Waals surface area contributed by atoms with Crippen molar-refractivity contribution in [2.75, 3.05) is 6.61 Å². The molecule has 2 aromatic rings. The monoisotopic (exact) mass is 460 g/mol. The Morgan fingerprint density at radius 1 is 0.676 bits per heavy atom. The van der Waals surface area contributed by atoms with Gasteiger partial charge in [0.05, 0.1) is 12.2 Å². The van der Waals surface area contributed by atoms with E-state index in [1.807, 2.05) is 0 Å². The first-order valence-electron chi connectivity index (χ1n) is 13.5. The molecule has 0 fully saturated rings. The highest BCUT2D eigenvalue weighted by molar-refractivity contribution is 5.52. The highest BCUT2D eigenvalue weighted by atomic mass is 16.5. The zero-order valence-electron chi connectivity index (χ0n) is 21.5. The normalized spacial score (nSPS) is 10.9. The predicted molar refractivity (Wildman–Crippen MR) is 145 cm³/mol. The molecular weight excluding hydrogens is 416 g/mol. The standard InChI is InChI=1S/C31H44N2O/c1-3-5-7-9-11-13-15-17-25-34-31-32-26-30(27-33-31)24-23-29-21-19-28(20-22-29)18-16-14-12-10-8-6-4-2/h16,18-22,26-27H,3-15,17,25H2,1-2H3/b18-16+. The molecule has 184 valence electrons. The molecule has 0 spiro atoms. The molecule has 3 heteroatoms. The smallest absolute Gasteiger partial charge is 0.316 e. The molecule has 2 rings (SSSR count). The topological polar surface area (TPSA) is 35.0 Å². The van der Waals surface area contributed by atoms with Crippen LogP contribution in [0.4, 0.5) is 0 Å². The Hall–Kier alpha value is -2.60. The highest BCUT2D eigenvalue weighted by Gasteiger charge is 1.98. The van der Waals surface area contributed by atoms with E-state index in [1.54, 1.807) is 12.4 Å². The van der Waals surface area contributed by atoms with Gasteiger partial charge in [-0.25, -0.2) is 9.97 Å². The van der Waals surface area contributed by atoms with Crippen LogP contribution in [0.25, 0.3) is 6.08 Å². The number of unbranched alkanes of at least 4 members (excludes halogenated alkanes) is 12. The van der Waals surface area contributed by atoms with Crippen LogP contribution in [0.1, 0.15) is 120 Å². The summed E-state index contributed by atoms with van der Waals surface area (Å²) in [6.07, 6.45) is 26.1. The predicted octanol–water partition coefficient (Wildman–Crippen LogP) is 8.77. The summed E-state index contributed by atoms with van der Waals surface area (Å²) in [4.78, 5) is 8.59. The van der Waals surface area contributed by atoms with E-state index in [-0.39, 0.29) is 0 Å². The van der Waals surface area contributed by atoms with Crippen molar-refractivity contribution >= 4 is 6.08 Å². The van der Waals surface area contributed by atoms with Crippen molar-refractivity contribution in [2.24, 2.45) is 0 Å². The van der Waals surface area contributed by atoms with Gasteiger partial charge in [0, 0.05) is 18.0 Å². The van der Waals surface area contributed by atoms with Crippen molar-refractivity contribution in [2.45, 2.75) is 104 Å². The number of benzene rings is 1. The summed E-state index contributed by atoms with van der Waals surface area (Å²) in [5, 5.41) is 0. The summed E-state index contributed by atoms with van der Waals surface area (Å²) in [6, 6.07) is 8.81. The summed E-state index contributed by atoms with van der Waals surface area (Å²) in [5.74, 6) is 6.33. The van der Waals surface area contributed by atoms with E-state index >= 15 is 0 Å². The van der Waals surface area contributed by atoms with Crippen molar-refractivity contribution in [3.05, 3.63) is 59.4 Å². The van der Waals surface area contributed by atoms with Crippen LogP contribution < -0.4 is 4.74 Å². The molecule has 0 saturated carbocycles. The van der Waals surface area contributed by atoms with Gasteiger partial charge < -0.3 is 4.74 Å². The second-order valence-corrected chi connectivity index (χ2v) is 9.05. The van der Waals surface area contributed by atoms with Crippen LogP contribution >= 0.6 is 0 Å². The van der Waals surface area contributed by atoms with Crippen LogP contribution in [0.5, 0.6) is 6.01 Å². The Bertz CT molecular complexity index is 844. The Kier molecular flexibility index (Phi) is 15.3. The highest BCUT2D eigenvalue weighted by Crippen LogP contribution is 2.11. The molecule has 0 aliphatic rings. The van der Waals surface area contributed by atoms with Crippen LogP contribution in [0, 0.1) is 11.8 Å². The molecule has 0 bridgehead atoms. The molecule has 0 unspecified atom stereocenters. The number of allylic oxidation sites excluding steroid dienone is 1. The van der Waals surface area contributed by atoms with Gasteiger partial charge in [-0.2, -0.15) is 0 Å². The van der Waals surface area contributed by atoms with Crippen molar-refractivity contribution in [3.8, 4) is 17.9 Å². The van der Waals surface area contributed by atoms with Gasteiger partial charge in [0.15, 0.2) is 0 Å². The summed E-state index contributed by atoms with van der Waals surface area (Å²) in [5.41, 5.74) is 3.01. The van der Waals surface area contributed by atoms with E-state index in [2.05, 4.69) is 72.1 Å². The Morgan fingerprint density at radius 3 is 1.88 bits per heavy atom. The zero-order chi connectivity index (χ0) is 24.1. The van der Waals surface area contributed by atoms with Crippen molar-refractivity contribution in [1.82, 2.24) is 9.97 Å². The Labute approximate surface area is 208 Å². The number of nitrogens with zero attached hydrogens (tertiary/aromatic N) is 2. The first kappa shape index (κ1) is 27.6. The molecule has 1 heterocycles. The third-order valence-electron chi connectivity index (χ3n) is 5.90. The van der Waals surface area contributed by atoms with Crippen LogP contribution in [0.3, 0.4) is 0 Å². The molecule has 3 nitrogen and oxygen atoms in total. The zero-order valence-corrected chi connectivity index (χ0v) is 21.5. The maximum absolute atomic E-state index is 5.67. The SMILES string of the molecule is CCCCCCC/C=C/c1ccc(C#Cc2cnc(OCCCCCCCCCC)nc2)cc1. The quantitative estimate of drug-likeness (QED) is 0.175. The van der Waals surface area contributed by atoms with Gasteiger partial charge in [-0.15, -0.1) is 0 Å². The average molecular weight is 461 g/mol. The van der Waals surface area contributed by atoms with Gasteiger partial charge >= 0.3 is 6.01 Å². The first-order valence-corrected chi connectivity index (χ1v) is 13.5. The van der Waals surface area contributed by atoms with Gasteiger partial charge in [0.25, 0.3) is 0 Å². The number of hydrogen-bond acceptors (Lipinski definition) is 3. The van der Waals surface area contributed by atoms with E-state index in [1.165, 1.54) is 82.6 Å². The van der Waals surface area contributed by atoms with E-state index in [0.717, 1.165) is 24.0 Å². The third kappa shape index (κ3) is 13.2. The van der Waals surface area contributed by atoms with Crippen LogP contribution in [0.2, 0.25) is 0 Å². The summed E-state index contributed by atoms with van der Waals surface area (Å²) < 4.78 is 5.67. The minimum absolute atomic E-state index is 0.440. The van der Waals surface area contributed by atoms with E-state index in [4.69, 9.17) is 4.74 Å². The van der Waals surface area contributed by atoms with Gasteiger partial charge in [0.2, 0.25) is 0 Å². The number of hydrogen-bond donors (Lipinski definition) is 0. The minimum Gasteiger partial charge on any atom is -0.463 e. The minimum atomic E-state index is 0.440. The van der Waals surface area contributed by atoms with E-state index < -0.39 is 0 Å². The van der Waals surface area contributed by atoms with Crippen molar-refractivity contribution in [3.63, 3.8) is 0 Å². The lowest BCUT2D eigenvalue weighted by molar-refractivity contribution is 0.281. The van der Waals surface area contributed by atoms with Crippen LogP contribution in [-0.4, -0.2) is 16.6 Å². The third-order valence-corrected chi connectivity index (χ3v) is 5.90. The Balaban J connectivity index is 1.65. The lowest BCUT2D eigenvalue weighted by atomic mass is 10.1. The molecular formula is C31H44N2O. The molecule has 34 heavy (non-hydrogen) atoms. The molecule has 0 atom stereocenters. The van der Waals surface area contributed by atoms with E-state index in [0.29, 0.717) is 12.6 Å². The molecule has 0 saturated heterocycles. The molecule has 0 aliphatic heterocycles. The summed E-state index contributed by atoms with van der Waals surface area (Å²) >= 11 is 0. The van der Waals surface area contributed by atoms with Crippen LogP contribution in [0.15, 0.2) is 42.7 Å². The fourth-order valence-electron chi connectivity index (χ4n) is 3.76. The second-order valence-electron chi connectivity index (χ2n) is 9.05. The number of ether oxygens (including phenoxy) is 1. The van der Waals surface area contributed by atoms with Crippen LogP contribution in [-0.2, 0) is 0 Å². The van der Waals surface area contributed by atoms with Gasteiger partial charge in [-0.3, -0.25) is 0 Å². The molecule has 0 radical (unpaired) electrons. The van der Waals surface area contributed by atoms with Crippen molar-refractivity contribution in [1.29, 1.82) is 0 Å². The largest absolute Gasteiger partial charge is 0.463 e. The fourth-order valence-corrected chi connectivity index (χ4v) is 3.76. The molecule has 0 N–H and O–H groups in total. The lowest BCUT2D eigenvalue weighted by Crippen LogP contribution is -2.01. The van der Waals surface area contributed by atoms with E-state index in [9.17, 15) is 0 Å². The molecule has 1 aromatic heterocycles. The summed E-state index contributed by atoms with van der Waals surface area (Å²) in [7, 11) is 0. The molecule has 1 aromatic carbocycles. The summed E-state index contributed by atoms with van der Waals surface area (Å²) in [6.45, 7) is 5.19. The average Bonchev–Trinajstić information content (AvgIpc) is 2.87. The Morgan fingerprint density at radius 2 is 1.24 bits per heavy atom. The second kappa shape index (κ2) is 18.8. The fraction of sp³-hybridized carbons (Fsp3) is 0.548. The van der Waals surface area contributed by atoms with Gasteiger partial charge in [-0.1, -0.05) is 121 Å². The van der Waals surface area contributed by atoms with Gasteiger partial charge in [-0.05, 0) is 37.0 Å². The van der Waals surface area contributed by atoms with Crippen molar-refractivity contribution < 1.29 is 4.74 Å². The number of rotatable bonds is 17. The lowest BCUT2D eigenvalue weighted by Gasteiger charge is -2.04.